The largest absolute Gasteiger partial charge is 0.393 e. The molecular formula is C21H28O4. The molecule has 136 valence electrons. The van der Waals surface area contributed by atoms with E-state index in [1.165, 1.54) is 5.57 Å². The van der Waals surface area contributed by atoms with E-state index in [1.807, 2.05) is 6.08 Å². The quantitative estimate of drug-likeness (QED) is 0.734. The molecule has 7 atom stereocenters. The summed E-state index contributed by atoms with van der Waals surface area (Å²) in [5.41, 5.74) is 0.350. The summed E-state index contributed by atoms with van der Waals surface area (Å²) in [6, 6.07) is 0. The highest BCUT2D eigenvalue weighted by molar-refractivity contribution is 5.94. The Balaban J connectivity index is 1.55. The summed E-state index contributed by atoms with van der Waals surface area (Å²) in [5.74, 6) is 1.58. The fraction of sp³-hybridized carbons (Fsp3) is 0.810. The Morgan fingerprint density at radius 3 is 2.64 bits per heavy atom. The molecule has 0 radical (unpaired) electrons. The number of Topliss-reactive ketones (excluding diaryl/α,β-unsaturated/α-hetero) is 1. The van der Waals surface area contributed by atoms with Crippen LogP contribution in [0, 0.1) is 28.6 Å². The van der Waals surface area contributed by atoms with Crippen molar-refractivity contribution < 1.29 is 19.4 Å². The molecule has 1 N–H and O–H groups in total. The number of hydrogen-bond donors (Lipinski definition) is 1. The van der Waals surface area contributed by atoms with E-state index in [1.54, 1.807) is 0 Å². The van der Waals surface area contributed by atoms with Crippen LogP contribution in [-0.2, 0) is 14.3 Å². The van der Waals surface area contributed by atoms with Crippen molar-refractivity contribution in [3.8, 4) is 0 Å². The summed E-state index contributed by atoms with van der Waals surface area (Å²) in [7, 11) is 0. The molecule has 0 aromatic rings. The van der Waals surface area contributed by atoms with Gasteiger partial charge in [-0.3, -0.25) is 9.59 Å². The topological polar surface area (TPSA) is 63.6 Å². The van der Waals surface area contributed by atoms with Crippen LogP contribution in [0.5, 0.6) is 0 Å². The minimum absolute atomic E-state index is 0.0577. The minimum atomic E-state index is -0.622. The van der Waals surface area contributed by atoms with Gasteiger partial charge in [-0.1, -0.05) is 19.4 Å². The van der Waals surface area contributed by atoms with E-state index in [9.17, 15) is 14.7 Å². The molecule has 4 nitrogen and oxygen atoms in total. The number of hydrogen-bond acceptors (Lipinski definition) is 4. The van der Waals surface area contributed by atoms with Gasteiger partial charge >= 0.3 is 0 Å². The van der Waals surface area contributed by atoms with Crippen LogP contribution >= 0.6 is 0 Å². The van der Waals surface area contributed by atoms with E-state index in [0.717, 1.165) is 32.1 Å². The van der Waals surface area contributed by atoms with Gasteiger partial charge in [-0.15, -0.1) is 0 Å². The summed E-state index contributed by atoms with van der Waals surface area (Å²) >= 11 is 0. The van der Waals surface area contributed by atoms with E-state index in [4.69, 9.17) is 4.74 Å². The molecular weight excluding hydrogens is 316 g/mol. The van der Waals surface area contributed by atoms with Gasteiger partial charge in [-0.05, 0) is 67.8 Å². The third-order valence-electron chi connectivity index (χ3n) is 8.92. The molecule has 4 heteroatoms. The molecule has 1 aliphatic heterocycles. The summed E-state index contributed by atoms with van der Waals surface area (Å²) in [4.78, 5) is 24.4. The minimum Gasteiger partial charge on any atom is -0.393 e. The summed E-state index contributed by atoms with van der Waals surface area (Å²) in [6.07, 6.45) is 7.41. The Kier molecular flexibility index (Phi) is 3.13. The van der Waals surface area contributed by atoms with Gasteiger partial charge in [0.15, 0.2) is 11.6 Å². The van der Waals surface area contributed by atoms with Crippen molar-refractivity contribution in [3.63, 3.8) is 0 Å². The van der Waals surface area contributed by atoms with Gasteiger partial charge in [0.1, 0.15) is 12.2 Å². The number of carbonyl (C=O) groups is 2. The summed E-state index contributed by atoms with van der Waals surface area (Å²) in [5, 5.41) is 11.2. The highest BCUT2D eigenvalue weighted by atomic mass is 16.5. The van der Waals surface area contributed by atoms with E-state index in [-0.39, 0.29) is 34.9 Å². The third-order valence-corrected chi connectivity index (χ3v) is 8.92. The van der Waals surface area contributed by atoms with Crippen LogP contribution in [0.4, 0.5) is 0 Å². The van der Waals surface area contributed by atoms with Crippen molar-refractivity contribution in [2.24, 2.45) is 28.6 Å². The molecule has 1 spiro atoms. The number of ether oxygens (including phenoxy) is 1. The second kappa shape index (κ2) is 4.83. The zero-order valence-electron chi connectivity index (χ0n) is 15.2. The highest BCUT2D eigenvalue weighted by Crippen LogP contribution is 2.69. The lowest BCUT2D eigenvalue weighted by Gasteiger charge is -2.62. The van der Waals surface area contributed by atoms with Gasteiger partial charge < -0.3 is 9.84 Å². The number of aliphatic hydroxyl groups is 1. The predicted octanol–water partition coefficient (Wildman–Crippen LogP) is 2.83. The van der Waals surface area contributed by atoms with E-state index >= 15 is 0 Å². The molecule has 0 aromatic carbocycles. The molecule has 25 heavy (non-hydrogen) atoms. The summed E-state index contributed by atoms with van der Waals surface area (Å²) < 4.78 is 5.92. The van der Waals surface area contributed by atoms with Crippen molar-refractivity contribution in [1.82, 2.24) is 0 Å². The van der Waals surface area contributed by atoms with Crippen LogP contribution in [0.3, 0.4) is 0 Å². The second-order valence-electron chi connectivity index (χ2n) is 9.65. The van der Waals surface area contributed by atoms with E-state index in [2.05, 4.69) is 13.8 Å². The molecule has 4 fully saturated rings. The Morgan fingerprint density at radius 1 is 1.16 bits per heavy atom. The van der Waals surface area contributed by atoms with Crippen LogP contribution in [-0.4, -0.2) is 35.0 Å². The molecule has 1 saturated heterocycles. The Morgan fingerprint density at radius 2 is 1.96 bits per heavy atom. The lowest BCUT2D eigenvalue weighted by Crippen LogP contribution is -2.67. The Bertz CT molecular complexity index is 696. The lowest BCUT2D eigenvalue weighted by atomic mass is 9.45. The molecule has 4 aliphatic carbocycles. The lowest BCUT2D eigenvalue weighted by molar-refractivity contribution is -0.226. The zero-order chi connectivity index (χ0) is 17.6. The number of allylic oxidation sites excluding steroid dienone is 1. The van der Waals surface area contributed by atoms with Gasteiger partial charge in [-0.25, -0.2) is 0 Å². The van der Waals surface area contributed by atoms with Crippen LogP contribution in [0.1, 0.15) is 58.8 Å². The third kappa shape index (κ3) is 1.76. The number of aliphatic hydroxyl groups excluding tert-OH is 1. The fourth-order valence-corrected chi connectivity index (χ4v) is 7.68. The van der Waals surface area contributed by atoms with Gasteiger partial charge in [0.2, 0.25) is 0 Å². The smallest absolute Gasteiger partial charge is 0.190 e. The first-order valence-corrected chi connectivity index (χ1v) is 9.91. The van der Waals surface area contributed by atoms with Crippen molar-refractivity contribution in [2.75, 3.05) is 6.61 Å². The average molecular weight is 344 g/mol. The van der Waals surface area contributed by atoms with Crippen LogP contribution in [0.25, 0.3) is 0 Å². The molecule has 0 aromatic heterocycles. The van der Waals surface area contributed by atoms with Crippen LogP contribution in [0.15, 0.2) is 11.6 Å². The van der Waals surface area contributed by atoms with E-state index in [0.29, 0.717) is 24.7 Å². The van der Waals surface area contributed by atoms with Crippen LogP contribution < -0.4 is 0 Å². The van der Waals surface area contributed by atoms with Gasteiger partial charge in [0.25, 0.3) is 0 Å². The maximum atomic E-state index is 12.5. The van der Waals surface area contributed by atoms with Gasteiger partial charge in [-0.2, -0.15) is 0 Å². The maximum absolute atomic E-state index is 12.5. The van der Waals surface area contributed by atoms with Crippen molar-refractivity contribution >= 4 is 11.6 Å². The number of carbonyl (C=O) groups excluding carboxylic acids is 2. The van der Waals surface area contributed by atoms with E-state index < -0.39 is 11.7 Å². The molecule has 0 unspecified atom stereocenters. The molecule has 0 bridgehead atoms. The molecule has 5 aliphatic rings. The molecule has 5 rings (SSSR count). The molecule has 1 heterocycles. The SMILES string of the molecule is C[C@]12CCC(=O)C=C1CC[C@@H]1[C@@H]2[C@H](O)C[C@@]2(C)[C@@H]1CC[C@@]21OCC1=O. The summed E-state index contributed by atoms with van der Waals surface area (Å²) in [6.45, 7) is 4.71. The first-order valence-electron chi connectivity index (χ1n) is 9.91. The van der Waals surface area contributed by atoms with Gasteiger partial charge in [0.05, 0.1) is 6.10 Å². The second-order valence-corrected chi connectivity index (χ2v) is 9.65. The number of rotatable bonds is 0. The maximum Gasteiger partial charge on any atom is 0.190 e. The van der Waals surface area contributed by atoms with Gasteiger partial charge in [0, 0.05) is 11.8 Å². The Labute approximate surface area is 149 Å². The Hall–Kier alpha value is -1.00. The monoisotopic (exact) mass is 344 g/mol. The van der Waals surface area contributed by atoms with Crippen LogP contribution in [0.2, 0.25) is 0 Å². The number of fused-ring (bicyclic) bond motifs is 6. The molecule has 0 amide bonds. The highest BCUT2D eigenvalue weighted by Gasteiger charge is 2.71. The molecule has 3 saturated carbocycles. The van der Waals surface area contributed by atoms with Crippen molar-refractivity contribution in [1.29, 1.82) is 0 Å². The average Bonchev–Trinajstić information content (AvgIpc) is 2.88. The fourth-order valence-electron chi connectivity index (χ4n) is 7.68. The predicted molar refractivity (Wildman–Crippen MR) is 91.8 cm³/mol. The number of ketones is 2. The first-order chi connectivity index (χ1) is 11.8. The van der Waals surface area contributed by atoms with Crippen molar-refractivity contribution in [2.45, 2.75) is 70.5 Å². The normalized spacial score (nSPS) is 54.4. The first kappa shape index (κ1) is 16.2. The van der Waals surface area contributed by atoms with Crippen molar-refractivity contribution in [3.05, 3.63) is 11.6 Å². The standard InChI is InChI=1S/C21H28O4/c1-19-7-5-13(22)9-12(19)3-4-14-15-6-8-21(17(24)11-25-21)20(15,2)10-16(23)18(14)19/h9,14-16,18,23H,3-8,10-11H2,1-2H3/t14-,15+,16+,18+,19-,20-,21-/m0/s1. The zero-order valence-corrected chi connectivity index (χ0v) is 15.2.